The van der Waals surface area contributed by atoms with Crippen LogP contribution in [0.5, 0.6) is 0 Å². The second kappa shape index (κ2) is 5.85. The number of benzene rings is 1. The summed E-state index contributed by atoms with van der Waals surface area (Å²) in [4.78, 5) is 0. The number of nitrogens with zero attached hydrogens (tertiary/aromatic N) is 1. The molecule has 1 aromatic rings. The van der Waals surface area contributed by atoms with Crippen molar-refractivity contribution in [3.63, 3.8) is 0 Å². The fraction of sp³-hybridized carbons (Fsp3) is 0.364. The second-order valence-corrected chi connectivity index (χ2v) is 4.24. The van der Waals surface area contributed by atoms with E-state index in [9.17, 15) is 10.2 Å². The van der Waals surface area contributed by atoms with Crippen molar-refractivity contribution in [2.24, 2.45) is 0 Å². The quantitative estimate of drug-likeness (QED) is 0.575. The molecule has 1 aromatic carbocycles. The summed E-state index contributed by atoms with van der Waals surface area (Å²) >= 11 is 3.18. The van der Waals surface area contributed by atoms with Gasteiger partial charge in [0.05, 0.1) is 17.7 Å². The Morgan fingerprint density at radius 3 is 2.69 bits per heavy atom. The number of aliphatic hydroxyl groups is 2. The van der Waals surface area contributed by atoms with E-state index in [0.717, 1.165) is 0 Å². The highest BCUT2D eigenvalue weighted by atomic mass is 79.9. The Kier molecular flexibility index (Phi) is 4.74. The van der Waals surface area contributed by atoms with E-state index in [1.165, 1.54) is 12.1 Å². The van der Waals surface area contributed by atoms with E-state index in [4.69, 9.17) is 11.0 Å². The number of hydrogen-bond acceptors (Lipinski definition) is 4. The van der Waals surface area contributed by atoms with Crippen LogP contribution < -0.4 is 5.73 Å². The van der Waals surface area contributed by atoms with Gasteiger partial charge >= 0.3 is 0 Å². The van der Waals surface area contributed by atoms with Gasteiger partial charge in [-0.25, -0.2) is 0 Å². The zero-order chi connectivity index (χ0) is 12.1. The Bertz CT molecular complexity index is 403. The molecule has 16 heavy (non-hydrogen) atoms. The minimum absolute atomic E-state index is 0.329. The molecule has 86 valence electrons. The molecule has 0 fully saturated rings. The monoisotopic (exact) mass is 284 g/mol. The molecule has 2 atom stereocenters. The van der Waals surface area contributed by atoms with Crippen molar-refractivity contribution < 1.29 is 10.2 Å². The lowest BCUT2D eigenvalue weighted by atomic mass is 9.97. The number of nitrogen functional groups attached to an aromatic ring is 1. The van der Waals surface area contributed by atoms with E-state index >= 15 is 0 Å². The van der Waals surface area contributed by atoms with Crippen LogP contribution in [0.25, 0.3) is 0 Å². The first-order valence-corrected chi connectivity index (χ1v) is 5.94. The molecule has 0 bridgehead atoms. The molecule has 5 heteroatoms. The van der Waals surface area contributed by atoms with Crippen LogP contribution in [0.4, 0.5) is 5.69 Å². The lowest BCUT2D eigenvalue weighted by Crippen LogP contribution is -2.19. The molecule has 0 aromatic heterocycles. The smallest absolute Gasteiger partial charge is 0.106 e. The molecule has 0 spiro atoms. The summed E-state index contributed by atoms with van der Waals surface area (Å²) in [5.41, 5.74) is 6.74. The van der Waals surface area contributed by atoms with Gasteiger partial charge in [-0.15, -0.1) is 0 Å². The van der Waals surface area contributed by atoms with Gasteiger partial charge in [-0.1, -0.05) is 15.9 Å². The van der Waals surface area contributed by atoms with Crippen LogP contribution in [0.2, 0.25) is 0 Å². The first-order valence-electron chi connectivity index (χ1n) is 4.81. The standard InChI is InChI=1S/C11H13BrN2O2/c12-4-3-10(15)11(16)9-5-8(14)2-1-7(9)6-13/h1-2,5,10-11,15-16H,3-4,14H2. The molecule has 2 unspecified atom stereocenters. The summed E-state index contributed by atoms with van der Waals surface area (Å²) in [7, 11) is 0. The Labute approximate surface area is 102 Å². The predicted octanol–water partition coefficient (Wildman–Crippen LogP) is 1.32. The summed E-state index contributed by atoms with van der Waals surface area (Å²) in [6, 6.07) is 6.60. The minimum Gasteiger partial charge on any atom is -0.399 e. The molecule has 0 heterocycles. The zero-order valence-corrected chi connectivity index (χ0v) is 10.2. The third-order valence-electron chi connectivity index (χ3n) is 2.28. The Hall–Kier alpha value is -1.09. The maximum absolute atomic E-state index is 9.88. The lowest BCUT2D eigenvalue weighted by molar-refractivity contribution is 0.0172. The lowest BCUT2D eigenvalue weighted by Gasteiger charge is -2.18. The van der Waals surface area contributed by atoms with Gasteiger partial charge in [-0.3, -0.25) is 0 Å². The average Bonchev–Trinajstić information content (AvgIpc) is 2.28. The van der Waals surface area contributed by atoms with Crippen molar-refractivity contribution in [3.05, 3.63) is 29.3 Å². The zero-order valence-electron chi connectivity index (χ0n) is 8.60. The number of aliphatic hydroxyl groups excluding tert-OH is 2. The molecule has 4 N–H and O–H groups in total. The summed E-state index contributed by atoms with van der Waals surface area (Å²) in [5.74, 6) is 0. The number of halogens is 1. The number of hydrogen-bond donors (Lipinski definition) is 3. The van der Waals surface area contributed by atoms with Crippen molar-refractivity contribution in [1.82, 2.24) is 0 Å². The van der Waals surface area contributed by atoms with Gasteiger partial charge in [0.2, 0.25) is 0 Å². The second-order valence-electron chi connectivity index (χ2n) is 3.45. The average molecular weight is 285 g/mol. The summed E-state index contributed by atoms with van der Waals surface area (Å²) in [6.07, 6.45) is -1.59. The Morgan fingerprint density at radius 1 is 1.44 bits per heavy atom. The molecule has 0 saturated carbocycles. The number of nitrogens with two attached hydrogens (primary N) is 1. The molecule has 0 aliphatic heterocycles. The number of alkyl halides is 1. The first-order chi connectivity index (χ1) is 7.60. The molecular weight excluding hydrogens is 272 g/mol. The predicted molar refractivity (Wildman–Crippen MR) is 64.9 cm³/mol. The largest absolute Gasteiger partial charge is 0.399 e. The number of anilines is 1. The van der Waals surface area contributed by atoms with Crippen LogP contribution in [0, 0.1) is 11.3 Å². The third kappa shape index (κ3) is 2.95. The van der Waals surface area contributed by atoms with Gasteiger partial charge in [-0.05, 0) is 24.6 Å². The molecule has 0 radical (unpaired) electrons. The van der Waals surface area contributed by atoms with Gasteiger partial charge in [0.15, 0.2) is 0 Å². The van der Waals surface area contributed by atoms with Crippen molar-refractivity contribution in [2.45, 2.75) is 18.6 Å². The van der Waals surface area contributed by atoms with E-state index in [1.54, 1.807) is 6.07 Å². The molecule has 0 aliphatic rings. The molecular formula is C11H13BrN2O2. The van der Waals surface area contributed by atoms with Crippen LogP contribution in [0.15, 0.2) is 18.2 Å². The van der Waals surface area contributed by atoms with Crippen LogP contribution in [-0.4, -0.2) is 21.6 Å². The molecule has 0 amide bonds. The molecule has 1 rings (SSSR count). The van der Waals surface area contributed by atoms with Crippen LogP contribution in [0.3, 0.4) is 0 Å². The van der Waals surface area contributed by atoms with Crippen molar-refractivity contribution in [1.29, 1.82) is 5.26 Å². The fourth-order valence-corrected chi connectivity index (χ4v) is 1.87. The van der Waals surface area contributed by atoms with Gasteiger partial charge in [-0.2, -0.15) is 5.26 Å². The highest BCUT2D eigenvalue weighted by Crippen LogP contribution is 2.24. The topological polar surface area (TPSA) is 90.3 Å². The molecule has 0 saturated heterocycles. The van der Waals surface area contributed by atoms with E-state index in [-0.39, 0.29) is 0 Å². The Balaban J connectivity index is 3.02. The van der Waals surface area contributed by atoms with Gasteiger partial charge in [0.1, 0.15) is 6.10 Å². The van der Waals surface area contributed by atoms with Gasteiger partial charge < -0.3 is 15.9 Å². The van der Waals surface area contributed by atoms with Gasteiger partial charge in [0, 0.05) is 16.6 Å². The summed E-state index contributed by atoms with van der Waals surface area (Å²) in [6.45, 7) is 0. The maximum atomic E-state index is 9.88. The highest BCUT2D eigenvalue weighted by Gasteiger charge is 2.20. The van der Waals surface area contributed by atoms with Crippen molar-refractivity contribution >= 4 is 21.6 Å². The SMILES string of the molecule is N#Cc1ccc(N)cc1C(O)C(O)CCBr. The number of rotatable bonds is 4. The van der Waals surface area contributed by atoms with Gasteiger partial charge in [0.25, 0.3) is 0 Å². The van der Waals surface area contributed by atoms with Crippen LogP contribution in [0.1, 0.15) is 23.7 Å². The van der Waals surface area contributed by atoms with E-state index in [1.807, 2.05) is 6.07 Å². The third-order valence-corrected chi connectivity index (χ3v) is 2.74. The Morgan fingerprint density at radius 2 is 2.12 bits per heavy atom. The minimum atomic E-state index is -1.09. The highest BCUT2D eigenvalue weighted by molar-refractivity contribution is 9.09. The fourth-order valence-electron chi connectivity index (χ4n) is 1.40. The normalized spacial score (nSPS) is 14.1. The summed E-state index contributed by atoms with van der Waals surface area (Å²) < 4.78 is 0. The van der Waals surface area contributed by atoms with Crippen LogP contribution in [-0.2, 0) is 0 Å². The van der Waals surface area contributed by atoms with Crippen molar-refractivity contribution in [3.8, 4) is 6.07 Å². The van der Waals surface area contributed by atoms with Crippen molar-refractivity contribution in [2.75, 3.05) is 11.1 Å². The van der Waals surface area contributed by atoms with E-state index in [2.05, 4.69) is 15.9 Å². The molecule has 0 aliphatic carbocycles. The molecule has 4 nitrogen and oxygen atoms in total. The van der Waals surface area contributed by atoms with Crippen LogP contribution >= 0.6 is 15.9 Å². The first kappa shape index (κ1) is 13.0. The van der Waals surface area contributed by atoms with E-state index < -0.39 is 12.2 Å². The number of nitriles is 1. The van der Waals surface area contributed by atoms with E-state index in [0.29, 0.717) is 28.6 Å². The summed E-state index contributed by atoms with van der Waals surface area (Å²) in [5, 5.41) is 29.0. The maximum Gasteiger partial charge on any atom is 0.106 e.